The molecular formula is C15H23BrN2. The van der Waals surface area contributed by atoms with Gasteiger partial charge in [0.1, 0.15) is 0 Å². The Hall–Kier alpha value is -0.380. The van der Waals surface area contributed by atoms with Crippen molar-refractivity contribution in [2.24, 2.45) is 5.92 Å². The van der Waals surface area contributed by atoms with E-state index in [0.717, 1.165) is 23.5 Å². The summed E-state index contributed by atoms with van der Waals surface area (Å²) in [7, 11) is 0. The average Bonchev–Trinajstić information content (AvgIpc) is 2.41. The summed E-state index contributed by atoms with van der Waals surface area (Å²) in [4.78, 5) is 2.58. The molecule has 1 aliphatic rings. The quantitative estimate of drug-likeness (QED) is 0.898. The summed E-state index contributed by atoms with van der Waals surface area (Å²) in [5.41, 5.74) is 1.42. The molecule has 0 spiro atoms. The maximum atomic E-state index is 3.48. The number of hydrogen-bond acceptors (Lipinski definition) is 2. The standard InChI is InChI=1S/C15H23BrN2/c1-2-17-11-13-7-9-18(10-8-13)12-14-3-5-15(16)6-4-14/h3-6,13,17H,2,7-12H2,1H3. The largest absolute Gasteiger partial charge is 0.317 e. The van der Waals surface area contributed by atoms with Gasteiger partial charge in [0.05, 0.1) is 0 Å². The lowest BCUT2D eigenvalue weighted by Crippen LogP contribution is -2.36. The summed E-state index contributed by atoms with van der Waals surface area (Å²) in [5.74, 6) is 0.881. The monoisotopic (exact) mass is 310 g/mol. The summed E-state index contributed by atoms with van der Waals surface area (Å²) in [5, 5.41) is 3.46. The number of hydrogen-bond donors (Lipinski definition) is 1. The third kappa shape index (κ3) is 4.38. The molecule has 1 aromatic rings. The highest BCUT2D eigenvalue weighted by Gasteiger charge is 2.18. The highest BCUT2D eigenvalue weighted by atomic mass is 79.9. The Kier molecular flexibility index (Phi) is 5.67. The van der Waals surface area contributed by atoms with Gasteiger partial charge in [0, 0.05) is 11.0 Å². The Balaban J connectivity index is 1.74. The minimum absolute atomic E-state index is 0.881. The van der Waals surface area contributed by atoms with Gasteiger partial charge in [0.2, 0.25) is 0 Å². The molecule has 2 nitrogen and oxygen atoms in total. The average molecular weight is 311 g/mol. The minimum Gasteiger partial charge on any atom is -0.317 e. The Labute approximate surface area is 119 Å². The first kappa shape index (κ1) is 14.0. The fourth-order valence-corrected chi connectivity index (χ4v) is 2.81. The molecule has 100 valence electrons. The molecule has 1 aliphatic heterocycles. The molecule has 0 atom stereocenters. The lowest BCUT2D eigenvalue weighted by Gasteiger charge is -2.32. The number of nitrogens with zero attached hydrogens (tertiary/aromatic N) is 1. The van der Waals surface area contributed by atoms with E-state index < -0.39 is 0 Å². The molecule has 1 aromatic carbocycles. The molecule has 1 saturated heterocycles. The van der Waals surface area contributed by atoms with E-state index in [9.17, 15) is 0 Å². The summed E-state index contributed by atoms with van der Waals surface area (Å²) in [6.45, 7) is 8.06. The molecule has 1 fully saturated rings. The van der Waals surface area contributed by atoms with Crippen LogP contribution in [0.2, 0.25) is 0 Å². The van der Waals surface area contributed by atoms with Crippen molar-refractivity contribution in [3.8, 4) is 0 Å². The van der Waals surface area contributed by atoms with Crippen molar-refractivity contribution in [3.05, 3.63) is 34.3 Å². The summed E-state index contributed by atoms with van der Waals surface area (Å²) < 4.78 is 1.16. The topological polar surface area (TPSA) is 15.3 Å². The first-order chi connectivity index (χ1) is 8.78. The second kappa shape index (κ2) is 7.27. The van der Waals surface area contributed by atoms with Gasteiger partial charge in [-0.2, -0.15) is 0 Å². The van der Waals surface area contributed by atoms with Crippen LogP contribution in [-0.2, 0) is 6.54 Å². The first-order valence-corrected chi connectivity index (χ1v) is 7.74. The third-order valence-corrected chi connectivity index (χ3v) is 4.24. The van der Waals surface area contributed by atoms with Crippen LogP contribution in [0.1, 0.15) is 25.3 Å². The number of nitrogens with one attached hydrogen (secondary N) is 1. The van der Waals surface area contributed by atoms with Crippen molar-refractivity contribution in [1.29, 1.82) is 0 Å². The Morgan fingerprint density at radius 2 is 1.89 bits per heavy atom. The van der Waals surface area contributed by atoms with Crippen LogP contribution in [-0.4, -0.2) is 31.1 Å². The molecular weight excluding hydrogens is 288 g/mol. The maximum absolute atomic E-state index is 3.48. The molecule has 1 heterocycles. The SMILES string of the molecule is CCNCC1CCN(Cc2ccc(Br)cc2)CC1. The van der Waals surface area contributed by atoms with Gasteiger partial charge in [0.15, 0.2) is 0 Å². The molecule has 1 N–H and O–H groups in total. The van der Waals surface area contributed by atoms with Crippen LogP contribution in [0.4, 0.5) is 0 Å². The number of rotatable bonds is 5. The second-order valence-corrected chi connectivity index (χ2v) is 6.07. The predicted octanol–water partition coefficient (Wildman–Crippen LogP) is 3.27. The Morgan fingerprint density at radius 1 is 1.22 bits per heavy atom. The third-order valence-electron chi connectivity index (χ3n) is 3.71. The van der Waals surface area contributed by atoms with Crippen LogP contribution in [0, 0.1) is 5.92 Å². The molecule has 0 aliphatic carbocycles. The van der Waals surface area contributed by atoms with Crippen LogP contribution in [0.25, 0.3) is 0 Å². The molecule has 2 rings (SSSR count). The lowest BCUT2D eigenvalue weighted by molar-refractivity contribution is 0.176. The van der Waals surface area contributed by atoms with Crippen LogP contribution < -0.4 is 5.32 Å². The van der Waals surface area contributed by atoms with E-state index in [4.69, 9.17) is 0 Å². The molecule has 3 heteroatoms. The number of likely N-dealkylation sites (tertiary alicyclic amines) is 1. The van der Waals surface area contributed by atoms with Crippen molar-refractivity contribution in [2.45, 2.75) is 26.3 Å². The second-order valence-electron chi connectivity index (χ2n) is 5.15. The molecule has 18 heavy (non-hydrogen) atoms. The van der Waals surface area contributed by atoms with Crippen molar-refractivity contribution < 1.29 is 0 Å². The lowest BCUT2D eigenvalue weighted by atomic mass is 9.96. The molecule has 0 radical (unpaired) electrons. The molecule has 0 aromatic heterocycles. The van der Waals surface area contributed by atoms with E-state index in [2.05, 4.69) is 57.3 Å². The number of benzene rings is 1. The van der Waals surface area contributed by atoms with Crippen molar-refractivity contribution in [2.75, 3.05) is 26.2 Å². The highest BCUT2D eigenvalue weighted by Crippen LogP contribution is 2.19. The number of halogens is 1. The summed E-state index contributed by atoms with van der Waals surface area (Å²) in [6.07, 6.45) is 2.67. The molecule has 0 unspecified atom stereocenters. The van der Waals surface area contributed by atoms with Gasteiger partial charge < -0.3 is 5.32 Å². The molecule has 0 bridgehead atoms. The fraction of sp³-hybridized carbons (Fsp3) is 0.600. The van der Waals surface area contributed by atoms with Gasteiger partial charge in [0.25, 0.3) is 0 Å². The Morgan fingerprint density at radius 3 is 2.50 bits per heavy atom. The van der Waals surface area contributed by atoms with E-state index in [1.165, 1.54) is 38.0 Å². The zero-order valence-corrected chi connectivity index (χ0v) is 12.7. The molecule has 0 saturated carbocycles. The van der Waals surface area contributed by atoms with Crippen LogP contribution >= 0.6 is 15.9 Å². The Bertz CT molecular complexity index is 342. The maximum Gasteiger partial charge on any atom is 0.0233 e. The van der Waals surface area contributed by atoms with E-state index in [0.29, 0.717) is 0 Å². The highest BCUT2D eigenvalue weighted by molar-refractivity contribution is 9.10. The van der Waals surface area contributed by atoms with Crippen LogP contribution in [0.15, 0.2) is 28.7 Å². The summed E-state index contributed by atoms with van der Waals surface area (Å²) >= 11 is 3.48. The van der Waals surface area contributed by atoms with Crippen LogP contribution in [0.5, 0.6) is 0 Å². The van der Waals surface area contributed by atoms with E-state index >= 15 is 0 Å². The van der Waals surface area contributed by atoms with Gasteiger partial charge in [-0.1, -0.05) is 35.0 Å². The zero-order valence-electron chi connectivity index (χ0n) is 11.2. The van der Waals surface area contributed by atoms with Crippen molar-refractivity contribution in [1.82, 2.24) is 10.2 Å². The first-order valence-electron chi connectivity index (χ1n) is 6.95. The normalized spacial score (nSPS) is 18.1. The van der Waals surface area contributed by atoms with Gasteiger partial charge in [-0.15, -0.1) is 0 Å². The van der Waals surface area contributed by atoms with Crippen molar-refractivity contribution in [3.63, 3.8) is 0 Å². The van der Waals surface area contributed by atoms with Gasteiger partial charge in [-0.3, -0.25) is 4.90 Å². The van der Waals surface area contributed by atoms with Gasteiger partial charge in [-0.05, 0) is 62.6 Å². The molecule has 0 amide bonds. The van der Waals surface area contributed by atoms with E-state index in [1.54, 1.807) is 0 Å². The summed E-state index contributed by atoms with van der Waals surface area (Å²) in [6, 6.07) is 8.70. The van der Waals surface area contributed by atoms with Gasteiger partial charge in [-0.25, -0.2) is 0 Å². The zero-order chi connectivity index (χ0) is 12.8. The number of piperidine rings is 1. The van der Waals surface area contributed by atoms with Gasteiger partial charge >= 0.3 is 0 Å². The van der Waals surface area contributed by atoms with Crippen LogP contribution in [0.3, 0.4) is 0 Å². The minimum atomic E-state index is 0.881. The predicted molar refractivity (Wildman–Crippen MR) is 80.7 cm³/mol. The van der Waals surface area contributed by atoms with E-state index in [-0.39, 0.29) is 0 Å². The smallest absolute Gasteiger partial charge is 0.0233 e. The van der Waals surface area contributed by atoms with Crippen molar-refractivity contribution >= 4 is 15.9 Å². The van der Waals surface area contributed by atoms with E-state index in [1.807, 2.05) is 0 Å². The fourth-order valence-electron chi connectivity index (χ4n) is 2.55.